The van der Waals surface area contributed by atoms with Gasteiger partial charge in [-0.25, -0.2) is 9.78 Å². The second kappa shape index (κ2) is 9.92. The van der Waals surface area contributed by atoms with Gasteiger partial charge in [0.1, 0.15) is 0 Å². The molecular formula is C14H24N2O2S. The minimum Gasteiger partial charge on any atom is -0.461 e. The van der Waals surface area contributed by atoms with Crippen LogP contribution in [0.5, 0.6) is 0 Å². The quantitative estimate of drug-likeness (QED) is 0.529. The Morgan fingerprint density at radius 2 is 2.05 bits per heavy atom. The number of nitrogens with two attached hydrogens (primary N) is 1. The van der Waals surface area contributed by atoms with Crippen LogP contribution < -0.4 is 5.73 Å². The normalized spacial score (nSPS) is 10.6. The molecule has 5 heteroatoms. The fourth-order valence-electron chi connectivity index (χ4n) is 1.76. The van der Waals surface area contributed by atoms with Crippen LogP contribution in [-0.2, 0) is 11.2 Å². The second-order valence-corrected chi connectivity index (χ2v) is 5.51. The number of carbonyl (C=O) groups excluding carboxylic acids is 1. The third-order valence-electron chi connectivity index (χ3n) is 2.85. The first-order valence-corrected chi connectivity index (χ1v) is 7.97. The van der Waals surface area contributed by atoms with Gasteiger partial charge in [0.25, 0.3) is 0 Å². The molecule has 0 aliphatic rings. The minimum absolute atomic E-state index is 0.312. The maximum absolute atomic E-state index is 11.7. The first-order chi connectivity index (χ1) is 9.27. The number of hydrogen-bond acceptors (Lipinski definition) is 5. The van der Waals surface area contributed by atoms with E-state index >= 15 is 0 Å². The molecule has 1 rings (SSSR count). The van der Waals surface area contributed by atoms with E-state index in [1.807, 2.05) is 0 Å². The molecule has 4 nitrogen and oxygen atoms in total. The van der Waals surface area contributed by atoms with Crippen molar-refractivity contribution in [3.8, 4) is 0 Å². The van der Waals surface area contributed by atoms with Gasteiger partial charge in [0.15, 0.2) is 5.69 Å². The molecule has 0 saturated heterocycles. The summed E-state index contributed by atoms with van der Waals surface area (Å²) in [4.78, 5) is 15.9. The number of ether oxygens (including phenoxy) is 1. The van der Waals surface area contributed by atoms with Gasteiger partial charge in [-0.1, -0.05) is 39.0 Å². The lowest BCUT2D eigenvalue weighted by Crippen LogP contribution is -2.08. The Morgan fingerprint density at radius 3 is 2.79 bits per heavy atom. The Bertz CT molecular complexity index is 366. The topological polar surface area (TPSA) is 65.2 Å². The van der Waals surface area contributed by atoms with E-state index < -0.39 is 0 Å². The fourth-order valence-corrected chi connectivity index (χ4v) is 2.55. The van der Waals surface area contributed by atoms with Crippen LogP contribution in [0, 0.1) is 0 Å². The van der Waals surface area contributed by atoms with E-state index in [0.29, 0.717) is 18.8 Å². The van der Waals surface area contributed by atoms with Crippen LogP contribution in [0.15, 0.2) is 5.38 Å². The zero-order chi connectivity index (χ0) is 13.9. The zero-order valence-electron chi connectivity index (χ0n) is 11.7. The maximum atomic E-state index is 11.7. The maximum Gasteiger partial charge on any atom is 0.357 e. The fraction of sp³-hybridized carbons (Fsp3) is 0.714. The van der Waals surface area contributed by atoms with E-state index in [-0.39, 0.29) is 5.97 Å². The monoisotopic (exact) mass is 284 g/mol. The molecule has 0 aromatic carbocycles. The largest absolute Gasteiger partial charge is 0.461 e. The molecule has 0 saturated carbocycles. The number of thiazole rings is 1. The summed E-state index contributed by atoms with van der Waals surface area (Å²) >= 11 is 1.46. The Labute approximate surface area is 119 Å². The molecule has 1 aromatic heterocycles. The predicted octanol–water partition coefficient (Wildman–Crippen LogP) is 3.16. The molecule has 0 radical (unpaired) electrons. The van der Waals surface area contributed by atoms with E-state index in [9.17, 15) is 4.79 Å². The van der Waals surface area contributed by atoms with Crippen LogP contribution in [0.3, 0.4) is 0 Å². The van der Waals surface area contributed by atoms with E-state index in [1.165, 1.54) is 37.0 Å². The summed E-state index contributed by atoms with van der Waals surface area (Å²) in [6, 6.07) is 0. The molecule has 0 atom stereocenters. The van der Waals surface area contributed by atoms with Gasteiger partial charge < -0.3 is 10.5 Å². The van der Waals surface area contributed by atoms with Gasteiger partial charge in [-0.05, 0) is 13.0 Å². The van der Waals surface area contributed by atoms with Crippen LogP contribution in [0.4, 0.5) is 0 Å². The Hall–Kier alpha value is -0.940. The van der Waals surface area contributed by atoms with E-state index in [1.54, 1.807) is 5.38 Å². The van der Waals surface area contributed by atoms with Crippen molar-refractivity contribution in [1.29, 1.82) is 0 Å². The summed E-state index contributed by atoms with van der Waals surface area (Å²) in [7, 11) is 0. The number of hydrogen-bond donors (Lipinski definition) is 1. The van der Waals surface area contributed by atoms with Gasteiger partial charge in [0.05, 0.1) is 11.6 Å². The molecule has 0 amide bonds. The number of unbranched alkanes of at least 4 members (excludes halogenated alkanes) is 5. The van der Waals surface area contributed by atoms with Gasteiger partial charge in [-0.3, -0.25) is 0 Å². The molecule has 0 unspecified atom stereocenters. The predicted molar refractivity (Wildman–Crippen MR) is 78.5 cm³/mol. The number of aromatic nitrogens is 1. The lowest BCUT2D eigenvalue weighted by molar-refractivity contribution is 0.0491. The van der Waals surface area contributed by atoms with Crippen molar-refractivity contribution in [2.24, 2.45) is 5.73 Å². The summed E-state index contributed by atoms with van der Waals surface area (Å²) in [6.07, 6.45) is 7.83. The lowest BCUT2D eigenvalue weighted by atomic mass is 10.1. The van der Waals surface area contributed by atoms with Gasteiger partial charge in [0.2, 0.25) is 0 Å². The summed E-state index contributed by atoms with van der Waals surface area (Å²) in [6.45, 7) is 3.25. The highest BCUT2D eigenvalue weighted by atomic mass is 32.1. The molecule has 0 fully saturated rings. The zero-order valence-corrected chi connectivity index (χ0v) is 12.5. The number of esters is 1. The van der Waals surface area contributed by atoms with Crippen molar-refractivity contribution in [1.82, 2.24) is 4.98 Å². The van der Waals surface area contributed by atoms with Gasteiger partial charge >= 0.3 is 5.97 Å². The standard InChI is InChI=1S/C14H24N2O2S/c1-2-3-4-5-6-7-10-18-14(17)12-11-19-13(16-12)8-9-15/h11H,2-10,15H2,1H3. The lowest BCUT2D eigenvalue weighted by Gasteiger charge is -2.02. The van der Waals surface area contributed by atoms with E-state index in [2.05, 4.69) is 11.9 Å². The number of nitrogens with zero attached hydrogens (tertiary/aromatic N) is 1. The van der Waals surface area contributed by atoms with Crippen molar-refractivity contribution in [2.75, 3.05) is 13.2 Å². The number of carbonyl (C=O) groups is 1. The van der Waals surface area contributed by atoms with Crippen LogP contribution in [0.2, 0.25) is 0 Å². The molecule has 19 heavy (non-hydrogen) atoms. The molecule has 2 N–H and O–H groups in total. The Balaban J connectivity index is 2.13. The van der Waals surface area contributed by atoms with Crippen LogP contribution in [-0.4, -0.2) is 24.1 Å². The molecule has 1 aromatic rings. The van der Waals surface area contributed by atoms with E-state index in [0.717, 1.165) is 24.3 Å². The minimum atomic E-state index is -0.312. The molecule has 0 spiro atoms. The van der Waals surface area contributed by atoms with Gasteiger partial charge in [-0.2, -0.15) is 0 Å². The Morgan fingerprint density at radius 1 is 1.32 bits per heavy atom. The molecular weight excluding hydrogens is 260 g/mol. The van der Waals surface area contributed by atoms with Gasteiger partial charge in [0, 0.05) is 11.8 Å². The summed E-state index contributed by atoms with van der Waals surface area (Å²) in [5.74, 6) is -0.312. The van der Waals surface area contributed by atoms with Crippen LogP contribution in [0.25, 0.3) is 0 Å². The summed E-state index contributed by atoms with van der Waals surface area (Å²) in [5, 5.41) is 2.64. The second-order valence-electron chi connectivity index (χ2n) is 4.57. The molecule has 1 heterocycles. The molecule has 0 aliphatic carbocycles. The average Bonchev–Trinajstić information content (AvgIpc) is 2.87. The highest BCUT2D eigenvalue weighted by molar-refractivity contribution is 7.09. The third kappa shape index (κ3) is 6.68. The van der Waals surface area contributed by atoms with Gasteiger partial charge in [-0.15, -0.1) is 11.3 Å². The molecule has 0 aliphatic heterocycles. The summed E-state index contributed by atoms with van der Waals surface area (Å²) < 4.78 is 5.20. The smallest absolute Gasteiger partial charge is 0.357 e. The van der Waals surface area contributed by atoms with Crippen molar-refractivity contribution in [3.63, 3.8) is 0 Å². The first-order valence-electron chi connectivity index (χ1n) is 7.09. The SMILES string of the molecule is CCCCCCCCOC(=O)c1csc(CCN)n1. The van der Waals surface area contributed by atoms with E-state index in [4.69, 9.17) is 10.5 Å². The van der Waals surface area contributed by atoms with Crippen molar-refractivity contribution in [3.05, 3.63) is 16.1 Å². The van der Waals surface area contributed by atoms with Crippen molar-refractivity contribution in [2.45, 2.75) is 51.9 Å². The molecule has 108 valence electrons. The van der Waals surface area contributed by atoms with Crippen molar-refractivity contribution < 1.29 is 9.53 Å². The van der Waals surface area contributed by atoms with Crippen LogP contribution in [0.1, 0.15) is 60.9 Å². The van der Waals surface area contributed by atoms with Crippen LogP contribution >= 0.6 is 11.3 Å². The number of rotatable bonds is 10. The highest BCUT2D eigenvalue weighted by Crippen LogP contribution is 2.11. The highest BCUT2D eigenvalue weighted by Gasteiger charge is 2.11. The molecule has 0 bridgehead atoms. The summed E-state index contributed by atoms with van der Waals surface area (Å²) in [5.41, 5.74) is 5.86. The first kappa shape index (κ1) is 16.1. The average molecular weight is 284 g/mol. The Kier molecular flexibility index (Phi) is 8.41. The van der Waals surface area contributed by atoms with Crippen molar-refractivity contribution >= 4 is 17.3 Å². The third-order valence-corrected chi connectivity index (χ3v) is 3.76.